The SMILES string of the molecule is C[N+](C)(C)Cc1ccccc1.C[N+](C)(C)Cc1ccccc1.O=C(OCC1CC2c3ccccc3C1c1ccccc12)C(F)F.O=C([O-])C1CC2c3ccccc3C1c1ccccc12.O=S([O-])[O-]. The summed E-state index contributed by atoms with van der Waals surface area (Å²) in [6.07, 6.45) is -1.56. The Kier molecular flexibility index (Phi) is 17.4. The quantitative estimate of drug-likeness (QED) is 0.0847. The van der Waals surface area contributed by atoms with Crippen LogP contribution in [-0.2, 0) is 38.8 Å². The van der Waals surface area contributed by atoms with Crippen LogP contribution in [0.15, 0.2) is 158 Å². The summed E-state index contributed by atoms with van der Waals surface area (Å²) in [6, 6.07) is 54.2. The average Bonchev–Trinajstić information content (AvgIpc) is 3.31. The minimum absolute atomic E-state index is 0.0394. The van der Waals surface area contributed by atoms with Crippen LogP contribution in [0.2, 0.25) is 0 Å². The highest BCUT2D eigenvalue weighted by molar-refractivity contribution is 7.72. The second kappa shape index (κ2) is 22.9. The van der Waals surface area contributed by atoms with E-state index in [1.807, 2.05) is 48.5 Å². The largest absolute Gasteiger partial charge is 0.784 e. The van der Waals surface area contributed by atoms with Gasteiger partial charge in [0.05, 0.1) is 48.9 Å². The van der Waals surface area contributed by atoms with E-state index in [9.17, 15) is 23.5 Å². The second-order valence-electron chi connectivity index (χ2n) is 19.7. The number of benzene rings is 6. The molecular weight excluding hydrogens is 883 g/mol. The van der Waals surface area contributed by atoms with E-state index < -0.39 is 35.6 Å². The summed E-state index contributed by atoms with van der Waals surface area (Å²) in [5.74, 6) is -2.16. The Balaban J connectivity index is 0.000000152. The summed E-state index contributed by atoms with van der Waals surface area (Å²) in [7, 11) is 13.2. The number of aliphatic carboxylic acids is 1. The van der Waals surface area contributed by atoms with Gasteiger partial charge in [0.15, 0.2) is 0 Å². The molecule has 4 bridgehead atoms. The van der Waals surface area contributed by atoms with E-state index in [1.165, 1.54) is 55.6 Å². The number of carbonyl (C=O) groups excluding carboxylic acids is 2. The van der Waals surface area contributed by atoms with E-state index in [0.717, 1.165) is 28.5 Å². The molecule has 0 radical (unpaired) electrons. The van der Waals surface area contributed by atoms with E-state index in [2.05, 4.69) is 151 Å². The zero-order chi connectivity index (χ0) is 49.2. The first-order chi connectivity index (χ1) is 32.3. The van der Waals surface area contributed by atoms with Gasteiger partial charge < -0.3 is 32.7 Å². The topological polar surface area (TPSA) is 130 Å². The Bertz CT molecular complexity index is 2480. The van der Waals surface area contributed by atoms with Crippen molar-refractivity contribution in [2.45, 2.75) is 56.0 Å². The summed E-state index contributed by atoms with van der Waals surface area (Å²) in [4.78, 5) is 22.6. The molecule has 0 fully saturated rings. The summed E-state index contributed by atoms with van der Waals surface area (Å²) in [5.41, 5.74) is 12.8. The third kappa shape index (κ3) is 13.4. The molecule has 6 aromatic carbocycles. The van der Waals surface area contributed by atoms with Gasteiger partial charge in [0.25, 0.3) is 0 Å². The smallest absolute Gasteiger partial charge is 0.373 e. The number of esters is 1. The minimum Gasteiger partial charge on any atom is -0.784 e. The van der Waals surface area contributed by atoms with Crippen molar-refractivity contribution in [3.63, 3.8) is 0 Å². The molecule has 68 heavy (non-hydrogen) atoms. The fourth-order valence-corrected chi connectivity index (χ4v) is 10.3. The van der Waals surface area contributed by atoms with E-state index in [-0.39, 0.29) is 36.2 Å². The van der Waals surface area contributed by atoms with Crippen LogP contribution >= 0.6 is 0 Å². The van der Waals surface area contributed by atoms with Crippen LogP contribution in [0.5, 0.6) is 0 Å². The molecule has 0 N–H and O–H groups in total. The van der Waals surface area contributed by atoms with Crippen molar-refractivity contribution in [3.05, 3.63) is 213 Å². The molecular formula is C56H61F2N2O7S-. The van der Waals surface area contributed by atoms with Gasteiger partial charge in [-0.05, 0) is 57.3 Å². The van der Waals surface area contributed by atoms with Gasteiger partial charge in [-0.2, -0.15) is 8.78 Å². The van der Waals surface area contributed by atoms with Crippen LogP contribution in [0, 0.1) is 11.8 Å². The third-order valence-corrected chi connectivity index (χ3v) is 12.6. The van der Waals surface area contributed by atoms with E-state index >= 15 is 0 Å². The predicted molar refractivity (Wildman–Crippen MR) is 257 cm³/mol. The molecule has 9 nitrogen and oxygen atoms in total. The highest BCUT2D eigenvalue weighted by Crippen LogP contribution is 2.56. The zero-order valence-electron chi connectivity index (χ0n) is 39.5. The fourth-order valence-electron chi connectivity index (χ4n) is 10.3. The maximum atomic E-state index is 12.4. The van der Waals surface area contributed by atoms with E-state index in [1.54, 1.807) is 0 Å². The van der Waals surface area contributed by atoms with Gasteiger partial charge in [0, 0.05) is 52.6 Å². The second-order valence-corrected chi connectivity index (χ2v) is 20.1. The number of alkyl halides is 2. The molecule has 6 aliphatic rings. The molecule has 6 aromatic rings. The molecule has 12 rings (SSSR count). The molecule has 0 heterocycles. The number of halogens is 2. The number of carboxylic acid groups (broad SMARTS) is 1. The molecule has 0 aliphatic heterocycles. The predicted octanol–water partition coefficient (Wildman–Crippen LogP) is 8.91. The van der Waals surface area contributed by atoms with E-state index in [4.69, 9.17) is 18.1 Å². The number of ether oxygens (including phenoxy) is 1. The zero-order valence-corrected chi connectivity index (χ0v) is 40.3. The summed E-state index contributed by atoms with van der Waals surface area (Å²) < 4.78 is 56.9. The molecule has 0 amide bonds. The maximum Gasteiger partial charge on any atom is 0.373 e. The van der Waals surface area contributed by atoms with Gasteiger partial charge in [-0.25, -0.2) is 4.79 Å². The van der Waals surface area contributed by atoms with Crippen LogP contribution in [0.25, 0.3) is 0 Å². The Morgan fingerprint density at radius 1 is 0.544 bits per heavy atom. The number of rotatable bonds is 8. The minimum atomic E-state index is -3.11. The van der Waals surface area contributed by atoms with E-state index in [0.29, 0.717) is 6.42 Å². The lowest BCUT2D eigenvalue weighted by Crippen LogP contribution is -2.42. The Labute approximate surface area is 402 Å². The van der Waals surface area contributed by atoms with Crippen molar-refractivity contribution in [2.75, 3.05) is 48.9 Å². The van der Waals surface area contributed by atoms with Gasteiger partial charge in [-0.1, -0.05) is 158 Å². The van der Waals surface area contributed by atoms with Crippen molar-refractivity contribution in [3.8, 4) is 0 Å². The van der Waals surface area contributed by atoms with Crippen molar-refractivity contribution >= 4 is 23.3 Å². The first-order valence-electron chi connectivity index (χ1n) is 22.8. The number of nitrogens with zero attached hydrogens (tertiary/aromatic N) is 2. The molecule has 358 valence electrons. The maximum absolute atomic E-state index is 12.4. The fraction of sp³-hybridized carbons (Fsp3) is 0.321. The lowest BCUT2D eigenvalue weighted by molar-refractivity contribution is -0.884. The first-order valence-corrected chi connectivity index (χ1v) is 23.8. The van der Waals surface area contributed by atoms with Crippen LogP contribution in [-0.4, -0.2) is 89.5 Å². The molecule has 0 spiro atoms. The lowest BCUT2D eigenvalue weighted by Gasteiger charge is -2.45. The van der Waals surface area contributed by atoms with Crippen molar-refractivity contribution < 1.29 is 50.5 Å². The highest BCUT2D eigenvalue weighted by Gasteiger charge is 2.45. The third-order valence-electron chi connectivity index (χ3n) is 12.6. The van der Waals surface area contributed by atoms with Gasteiger partial charge in [0.2, 0.25) is 0 Å². The molecule has 6 aliphatic carbocycles. The number of hydrogen-bond acceptors (Lipinski definition) is 7. The molecule has 0 saturated heterocycles. The monoisotopic (exact) mass is 943 g/mol. The summed E-state index contributed by atoms with van der Waals surface area (Å²) in [6.45, 7) is 2.24. The van der Waals surface area contributed by atoms with Crippen molar-refractivity contribution in [1.29, 1.82) is 0 Å². The number of fused-ring (bicyclic) bond motifs is 2. The van der Waals surface area contributed by atoms with Crippen LogP contribution in [0.4, 0.5) is 8.78 Å². The van der Waals surface area contributed by atoms with Crippen molar-refractivity contribution in [2.24, 2.45) is 11.8 Å². The molecule has 2 atom stereocenters. The van der Waals surface area contributed by atoms with Gasteiger partial charge in [-0.15, -0.1) is 11.4 Å². The first kappa shape index (κ1) is 51.5. The van der Waals surface area contributed by atoms with Gasteiger partial charge >= 0.3 is 12.4 Å². The average molecular weight is 944 g/mol. The highest BCUT2D eigenvalue weighted by atomic mass is 32.2. The van der Waals surface area contributed by atoms with Crippen LogP contribution in [0.1, 0.15) is 92.1 Å². The van der Waals surface area contributed by atoms with Crippen LogP contribution < -0.4 is 5.11 Å². The van der Waals surface area contributed by atoms with Gasteiger partial charge in [0.1, 0.15) is 13.1 Å². The lowest BCUT2D eigenvalue weighted by atomic mass is 9.59. The van der Waals surface area contributed by atoms with Crippen LogP contribution in [0.3, 0.4) is 0 Å². The molecule has 0 saturated carbocycles. The van der Waals surface area contributed by atoms with Gasteiger partial charge in [-0.3, -0.25) is 4.21 Å². The summed E-state index contributed by atoms with van der Waals surface area (Å²) in [5, 5.41) is 11.5. The standard InChI is InChI=1S/C19H16F2O2.C17H14O2.2C10H16N.H2O3S/c20-18(21)19(22)23-10-11-9-16-12-5-1-3-7-14(12)17(11)15-8-4-2-6-13(15)16;18-17(19)15-9-14-10-5-1-3-7-12(10)16(15)13-8-4-2-6-11(13)14;2*1-11(2,3)9-10-7-5-4-6-8-10;1-4(2)3/h1-8,11,16-18H,9-10H2;1-8,14-16H,9H2,(H,18,19);2*4-8H,9H2,1-3H3;(H2,1,2,3)/q;;2*+1;/p-3. The Morgan fingerprint density at radius 2 is 0.853 bits per heavy atom. The van der Waals surface area contributed by atoms with Crippen molar-refractivity contribution in [1.82, 2.24) is 0 Å². The summed E-state index contributed by atoms with van der Waals surface area (Å²) >= 11 is -3.11. The Hall–Kier alpha value is -5.89. The normalized spacial score (nSPS) is 19.9. The molecule has 12 heteroatoms. The molecule has 0 aromatic heterocycles. The molecule has 2 unspecified atom stereocenters. The number of quaternary nitrogens is 2. The Morgan fingerprint density at radius 3 is 1.18 bits per heavy atom. The number of carboxylic acids is 1. The number of hydrogen-bond donors (Lipinski definition) is 0. The number of carbonyl (C=O) groups is 2.